The Morgan fingerprint density at radius 2 is 1.94 bits per heavy atom. The highest BCUT2D eigenvalue weighted by molar-refractivity contribution is 9.10. The highest BCUT2D eigenvalue weighted by Crippen LogP contribution is 2.39. The van der Waals surface area contributed by atoms with E-state index < -0.39 is 0 Å². The summed E-state index contributed by atoms with van der Waals surface area (Å²) in [6, 6.07) is 0.489. The van der Waals surface area contributed by atoms with Crippen LogP contribution in [-0.4, -0.2) is 16.1 Å². The second-order valence-corrected chi connectivity index (χ2v) is 6.75. The fourth-order valence-corrected chi connectivity index (χ4v) is 3.06. The van der Waals surface area contributed by atoms with Gasteiger partial charge in [0.1, 0.15) is 6.10 Å². The smallest absolute Gasteiger partial charge is 0.316 e. The van der Waals surface area contributed by atoms with Crippen LogP contribution in [0.25, 0.3) is 0 Å². The molecule has 1 aromatic rings. The van der Waals surface area contributed by atoms with Crippen molar-refractivity contribution >= 4 is 15.9 Å². The summed E-state index contributed by atoms with van der Waals surface area (Å²) in [5.41, 5.74) is 0.359. The molecule has 3 nitrogen and oxygen atoms in total. The lowest BCUT2D eigenvalue weighted by atomic mass is 9.71. The van der Waals surface area contributed by atoms with Gasteiger partial charge in [-0.3, -0.25) is 0 Å². The van der Waals surface area contributed by atoms with Gasteiger partial charge in [-0.25, -0.2) is 9.97 Å². The lowest BCUT2D eigenvalue weighted by Crippen LogP contribution is -2.34. The molecule has 0 aliphatic heterocycles. The maximum Gasteiger partial charge on any atom is 0.316 e. The van der Waals surface area contributed by atoms with E-state index in [1.54, 1.807) is 12.4 Å². The topological polar surface area (TPSA) is 35.0 Å². The first-order valence-electron chi connectivity index (χ1n) is 6.09. The van der Waals surface area contributed by atoms with Crippen molar-refractivity contribution in [2.45, 2.75) is 46.1 Å². The Balaban J connectivity index is 2.01. The molecule has 1 fully saturated rings. The maximum absolute atomic E-state index is 5.87. The normalized spacial score (nSPS) is 27.8. The Morgan fingerprint density at radius 3 is 2.53 bits per heavy atom. The summed E-state index contributed by atoms with van der Waals surface area (Å²) in [6.45, 7) is 6.91. The van der Waals surface area contributed by atoms with Crippen molar-refractivity contribution in [2.75, 3.05) is 0 Å². The van der Waals surface area contributed by atoms with Gasteiger partial charge in [-0.05, 0) is 46.5 Å². The molecule has 17 heavy (non-hydrogen) atoms. The number of ether oxygens (including phenoxy) is 1. The second-order valence-electron chi connectivity index (χ2n) is 5.84. The molecular formula is C13H19BrN2O. The molecular weight excluding hydrogens is 280 g/mol. The van der Waals surface area contributed by atoms with Gasteiger partial charge in [0, 0.05) is 12.4 Å². The fourth-order valence-electron chi connectivity index (χ4n) is 2.86. The van der Waals surface area contributed by atoms with E-state index in [0.29, 0.717) is 17.3 Å². The van der Waals surface area contributed by atoms with E-state index in [-0.39, 0.29) is 6.10 Å². The largest absolute Gasteiger partial charge is 0.460 e. The summed E-state index contributed by atoms with van der Waals surface area (Å²) in [5.74, 6) is 0.708. The van der Waals surface area contributed by atoms with Crippen molar-refractivity contribution in [1.29, 1.82) is 0 Å². The van der Waals surface area contributed by atoms with Crippen LogP contribution in [0.1, 0.15) is 40.0 Å². The molecule has 0 spiro atoms. The molecule has 1 heterocycles. The zero-order valence-electron chi connectivity index (χ0n) is 10.6. The second kappa shape index (κ2) is 4.92. The summed E-state index contributed by atoms with van der Waals surface area (Å²) >= 11 is 3.32. The van der Waals surface area contributed by atoms with Crippen molar-refractivity contribution < 1.29 is 4.74 Å². The van der Waals surface area contributed by atoms with Gasteiger partial charge in [0.15, 0.2) is 0 Å². The van der Waals surface area contributed by atoms with Crippen molar-refractivity contribution in [2.24, 2.45) is 11.3 Å². The van der Waals surface area contributed by atoms with Gasteiger partial charge < -0.3 is 4.74 Å². The Morgan fingerprint density at radius 1 is 1.29 bits per heavy atom. The first-order chi connectivity index (χ1) is 7.94. The minimum absolute atomic E-state index is 0.245. The molecule has 1 aliphatic rings. The number of hydrogen-bond acceptors (Lipinski definition) is 3. The Bertz CT molecular complexity index is 378. The fraction of sp³-hybridized carbons (Fsp3) is 0.692. The number of nitrogens with zero attached hydrogens (tertiary/aromatic N) is 2. The summed E-state index contributed by atoms with van der Waals surface area (Å²) in [7, 11) is 0. The third kappa shape index (κ3) is 3.66. The van der Waals surface area contributed by atoms with Gasteiger partial charge in [0.05, 0.1) is 4.47 Å². The summed E-state index contributed by atoms with van der Waals surface area (Å²) < 4.78 is 6.75. The summed E-state index contributed by atoms with van der Waals surface area (Å²) in [5, 5.41) is 0. The minimum atomic E-state index is 0.245. The molecule has 0 aromatic carbocycles. The van der Waals surface area contributed by atoms with Gasteiger partial charge in [-0.15, -0.1) is 0 Å². The molecule has 1 aliphatic carbocycles. The van der Waals surface area contributed by atoms with Gasteiger partial charge in [0.2, 0.25) is 0 Å². The van der Waals surface area contributed by atoms with Crippen LogP contribution in [0.4, 0.5) is 0 Å². The van der Waals surface area contributed by atoms with Crippen LogP contribution >= 0.6 is 15.9 Å². The maximum atomic E-state index is 5.87. The molecule has 1 aromatic heterocycles. The van der Waals surface area contributed by atoms with Crippen LogP contribution in [0.2, 0.25) is 0 Å². The van der Waals surface area contributed by atoms with Crippen LogP contribution in [0.5, 0.6) is 6.01 Å². The third-order valence-electron chi connectivity index (χ3n) is 3.22. The van der Waals surface area contributed by atoms with Crippen LogP contribution in [0, 0.1) is 11.3 Å². The highest BCUT2D eigenvalue weighted by Gasteiger charge is 2.33. The molecule has 2 rings (SSSR count). The Labute approximate surface area is 111 Å². The van der Waals surface area contributed by atoms with E-state index in [2.05, 4.69) is 46.7 Å². The Hall–Kier alpha value is -0.640. The van der Waals surface area contributed by atoms with Crippen LogP contribution in [-0.2, 0) is 0 Å². The van der Waals surface area contributed by atoms with Crippen LogP contribution in [0.15, 0.2) is 16.9 Å². The quantitative estimate of drug-likeness (QED) is 0.832. The average Bonchev–Trinajstić information content (AvgIpc) is 2.18. The zero-order chi connectivity index (χ0) is 12.5. The average molecular weight is 299 g/mol. The van der Waals surface area contributed by atoms with Gasteiger partial charge in [-0.2, -0.15) is 0 Å². The molecule has 0 N–H and O–H groups in total. The molecule has 2 atom stereocenters. The van der Waals surface area contributed by atoms with Gasteiger partial charge >= 0.3 is 6.01 Å². The third-order valence-corrected chi connectivity index (χ3v) is 3.62. The van der Waals surface area contributed by atoms with Crippen molar-refractivity contribution in [3.8, 4) is 6.01 Å². The molecule has 94 valence electrons. The molecule has 0 bridgehead atoms. The molecule has 4 heteroatoms. The van der Waals surface area contributed by atoms with E-state index in [1.807, 2.05) is 0 Å². The summed E-state index contributed by atoms with van der Waals surface area (Å²) in [6.07, 6.45) is 7.14. The summed E-state index contributed by atoms with van der Waals surface area (Å²) in [4.78, 5) is 8.33. The number of hydrogen-bond donors (Lipinski definition) is 0. The molecule has 2 unspecified atom stereocenters. The number of halogens is 1. The predicted octanol–water partition coefficient (Wildman–Crippen LogP) is 3.83. The van der Waals surface area contributed by atoms with Crippen molar-refractivity contribution in [3.63, 3.8) is 0 Å². The predicted molar refractivity (Wildman–Crippen MR) is 70.9 cm³/mol. The van der Waals surface area contributed by atoms with E-state index in [1.165, 1.54) is 6.42 Å². The van der Waals surface area contributed by atoms with Gasteiger partial charge in [0.25, 0.3) is 0 Å². The monoisotopic (exact) mass is 298 g/mol. The van der Waals surface area contributed by atoms with Crippen molar-refractivity contribution in [3.05, 3.63) is 16.9 Å². The Kier molecular flexibility index (Phi) is 3.71. The molecule has 0 saturated heterocycles. The minimum Gasteiger partial charge on any atom is -0.460 e. The standard InChI is InChI=1S/C13H19BrN2O/c1-9-4-11(6-13(2,3)5-9)17-12-15-7-10(14)8-16-12/h7-9,11H,4-6H2,1-3H3. The molecule has 0 radical (unpaired) electrons. The van der Waals surface area contributed by atoms with Crippen LogP contribution < -0.4 is 4.74 Å². The van der Waals surface area contributed by atoms with Crippen molar-refractivity contribution in [1.82, 2.24) is 9.97 Å². The van der Waals surface area contributed by atoms with E-state index >= 15 is 0 Å². The first-order valence-corrected chi connectivity index (χ1v) is 6.88. The lowest BCUT2D eigenvalue weighted by molar-refractivity contribution is 0.0499. The molecule has 1 saturated carbocycles. The lowest BCUT2D eigenvalue weighted by Gasteiger charge is -2.38. The van der Waals surface area contributed by atoms with Crippen LogP contribution in [0.3, 0.4) is 0 Å². The number of aromatic nitrogens is 2. The zero-order valence-corrected chi connectivity index (χ0v) is 12.2. The molecule has 0 amide bonds. The highest BCUT2D eigenvalue weighted by atomic mass is 79.9. The SMILES string of the molecule is CC1CC(Oc2ncc(Br)cn2)CC(C)(C)C1. The van der Waals surface area contributed by atoms with Gasteiger partial charge in [-0.1, -0.05) is 20.8 Å². The van der Waals surface area contributed by atoms with E-state index in [0.717, 1.165) is 17.3 Å². The van der Waals surface area contributed by atoms with E-state index in [9.17, 15) is 0 Å². The number of rotatable bonds is 2. The first kappa shape index (κ1) is 12.8. The van der Waals surface area contributed by atoms with E-state index in [4.69, 9.17) is 4.74 Å².